The van der Waals surface area contributed by atoms with E-state index >= 15 is 0 Å². The van der Waals surface area contributed by atoms with Gasteiger partial charge in [-0.25, -0.2) is 14.6 Å². The first-order valence-corrected chi connectivity index (χ1v) is 13.7. The van der Waals surface area contributed by atoms with E-state index < -0.39 is 17.9 Å². The van der Waals surface area contributed by atoms with Crippen LogP contribution < -0.4 is 9.47 Å². The average molecular weight is 575 g/mol. The number of aromatic nitrogens is 2. The van der Waals surface area contributed by atoms with E-state index in [4.69, 9.17) is 23.7 Å². The molecule has 0 radical (unpaired) electrons. The highest BCUT2D eigenvalue weighted by molar-refractivity contribution is 6.08. The Morgan fingerprint density at radius 2 is 1.57 bits per heavy atom. The number of nitrogens with zero attached hydrogens (tertiary/aromatic N) is 2. The van der Waals surface area contributed by atoms with Crippen molar-refractivity contribution < 1.29 is 38.1 Å². The molecule has 4 rings (SSSR count). The second-order valence-electron chi connectivity index (χ2n) is 9.60. The first kappa shape index (κ1) is 30.1. The summed E-state index contributed by atoms with van der Waals surface area (Å²) in [5, 5.41) is 0.486. The van der Waals surface area contributed by atoms with Crippen LogP contribution in [-0.2, 0) is 25.4 Å². The largest absolute Gasteiger partial charge is 0.491 e. The van der Waals surface area contributed by atoms with Crippen molar-refractivity contribution >= 4 is 28.8 Å². The normalized spacial score (nSPS) is 10.9. The summed E-state index contributed by atoms with van der Waals surface area (Å²) in [7, 11) is 1.28. The summed E-state index contributed by atoms with van der Waals surface area (Å²) in [6, 6.07) is 15.7. The maximum atomic E-state index is 13.4. The molecule has 2 aromatic carbocycles. The lowest BCUT2D eigenvalue weighted by Crippen LogP contribution is -2.15. The van der Waals surface area contributed by atoms with Crippen molar-refractivity contribution in [3.05, 3.63) is 77.1 Å². The van der Waals surface area contributed by atoms with E-state index in [0.29, 0.717) is 39.5 Å². The fourth-order valence-electron chi connectivity index (χ4n) is 4.56. The van der Waals surface area contributed by atoms with Crippen molar-refractivity contribution in [2.45, 2.75) is 47.1 Å². The number of methoxy groups -OCH3 is 1. The molecule has 0 atom stereocenters. The Labute approximate surface area is 244 Å². The molecule has 2 heterocycles. The zero-order valence-corrected chi connectivity index (χ0v) is 24.6. The van der Waals surface area contributed by atoms with Gasteiger partial charge in [0.2, 0.25) is 5.88 Å². The highest BCUT2D eigenvalue weighted by Gasteiger charge is 2.27. The van der Waals surface area contributed by atoms with Crippen LogP contribution in [-0.4, -0.2) is 53.9 Å². The zero-order chi connectivity index (χ0) is 30.4. The van der Waals surface area contributed by atoms with E-state index in [2.05, 4.69) is 4.98 Å². The summed E-state index contributed by atoms with van der Waals surface area (Å²) in [6.07, 6.45) is -0.178. The topological polar surface area (TPSA) is 115 Å². The van der Waals surface area contributed by atoms with Crippen LogP contribution in [0.1, 0.15) is 59.8 Å². The van der Waals surface area contributed by atoms with Crippen molar-refractivity contribution in [3.63, 3.8) is 0 Å². The van der Waals surface area contributed by atoms with Gasteiger partial charge in [-0.05, 0) is 89.2 Å². The lowest BCUT2D eigenvalue weighted by molar-refractivity contribution is -0.142. The minimum absolute atomic E-state index is 0.000869. The fraction of sp³-hybridized carbons (Fsp3) is 0.312. The molecule has 10 heteroatoms. The Morgan fingerprint density at radius 1 is 0.881 bits per heavy atom. The average Bonchev–Trinajstić information content (AvgIpc) is 3.26. The third-order valence-electron chi connectivity index (χ3n) is 6.22. The van der Waals surface area contributed by atoms with Crippen LogP contribution in [0.15, 0.2) is 54.6 Å². The molecule has 0 aliphatic carbocycles. The van der Waals surface area contributed by atoms with Gasteiger partial charge in [0, 0.05) is 22.5 Å². The van der Waals surface area contributed by atoms with Gasteiger partial charge in [-0.2, -0.15) is 0 Å². The lowest BCUT2D eigenvalue weighted by atomic mass is 10.1. The number of rotatable bonds is 11. The molecule has 0 aliphatic heterocycles. The zero-order valence-electron chi connectivity index (χ0n) is 24.6. The van der Waals surface area contributed by atoms with Crippen LogP contribution in [0.25, 0.3) is 16.6 Å². The van der Waals surface area contributed by atoms with Crippen LogP contribution in [0.2, 0.25) is 0 Å². The van der Waals surface area contributed by atoms with Crippen LogP contribution in [0.3, 0.4) is 0 Å². The Balaban J connectivity index is 1.93. The molecule has 0 N–H and O–H groups in total. The van der Waals surface area contributed by atoms with E-state index in [1.165, 1.54) is 7.11 Å². The molecule has 0 spiro atoms. The third kappa shape index (κ3) is 6.54. The quantitative estimate of drug-likeness (QED) is 0.158. The molecule has 0 unspecified atom stereocenters. The molecule has 0 bridgehead atoms. The first-order valence-electron chi connectivity index (χ1n) is 13.7. The van der Waals surface area contributed by atoms with Crippen molar-refractivity contribution in [2.24, 2.45) is 0 Å². The van der Waals surface area contributed by atoms with Gasteiger partial charge in [0.25, 0.3) is 0 Å². The maximum Gasteiger partial charge on any atom is 0.343 e. The van der Waals surface area contributed by atoms with Gasteiger partial charge in [-0.15, -0.1) is 0 Å². The number of pyridine rings is 1. The molecule has 10 nitrogen and oxygen atoms in total. The van der Waals surface area contributed by atoms with Crippen LogP contribution in [0.5, 0.6) is 17.4 Å². The second-order valence-corrected chi connectivity index (χ2v) is 9.60. The first-order chi connectivity index (χ1) is 20.2. The molecule has 2 aromatic heterocycles. The van der Waals surface area contributed by atoms with E-state index in [1.54, 1.807) is 51.1 Å². The summed E-state index contributed by atoms with van der Waals surface area (Å²) >= 11 is 0. The van der Waals surface area contributed by atoms with E-state index in [0.717, 1.165) is 0 Å². The molecular formula is C32H34N2O8. The lowest BCUT2D eigenvalue weighted by Gasteiger charge is -2.14. The molecule has 0 fully saturated rings. The second kappa shape index (κ2) is 13.2. The SMILES string of the molecule is CCOC(=O)Cc1c(C(=O)OCC)c2cc(Oc3nc(C)ccc3C(=O)OC)ccc2n1-c1ccc(OC(C)C)cc1. The number of hydrogen-bond donors (Lipinski definition) is 0. The predicted octanol–water partition coefficient (Wildman–Crippen LogP) is 5.98. The highest BCUT2D eigenvalue weighted by Crippen LogP contribution is 2.36. The molecule has 42 heavy (non-hydrogen) atoms. The Bertz CT molecular complexity index is 1610. The van der Waals surface area contributed by atoms with Crippen LogP contribution >= 0.6 is 0 Å². The maximum absolute atomic E-state index is 13.4. The molecule has 0 amide bonds. The standard InChI is InChI=1S/C32H34N2O8/c1-7-39-28(35)18-27-29(32(37)40-8-2)25-17-23(42-30-24(31(36)38-6)15-9-20(5)33-30)14-16-26(25)34(27)21-10-12-22(13-11-21)41-19(3)4/h9-17,19H,7-8,18H2,1-6H3. The van der Waals surface area contributed by atoms with Gasteiger partial charge in [-0.3, -0.25) is 4.79 Å². The van der Waals surface area contributed by atoms with Crippen LogP contribution in [0, 0.1) is 6.92 Å². The number of carbonyl (C=O) groups is 3. The van der Waals surface area contributed by atoms with E-state index in [9.17, 15) is 14.4 Å². The van der Waals surface area contributed by atoms with Gasteiger partial charge in [0.15, 0.2) is 0 Å². The van der Waals surface area contributed by atoms with Gasteiger partial charge in [0.1, 0.15) is 17.1 Å². The number of benzene rings is 2. The molecule has 0 saturated heterocycles. The van der Waals surface area contributed by atoms with Crippen molar-refractivity contribution in [1.82, 2.24) is 9.55 Å². The minimum Gasteiger partial charge on any atom is -0.491 e. The molecule has 220 valence electrons. The molecular weight excluding hydrogens is 540 g/mol. The minimum atomic E-state index is -0.599. The van der Waals surface area contributed by atoms with E-state index in [-0.39, 0.29) is 42.7 Å². The van der Waals surface area contributed by atoms with Gasteiger partial charge < -0.3 is 28.3 Å². The molecule has 4 aromatic rings. The number of ether oxygens (including phenoxy) is 5. The number of aryl methyl sites for hydroxylation is 1. The summed E-state index contributed by atoms with van der Waals surface area (Å²) in [6.45, 7) is 9.42. The monoisotopic (exact) mass is 574 g/mol. The number of esters is 3. The molecule has 0 saturated carbocycles. The molecule has 0 aliphatic rings. The van der Waals surface area contributed by atoms with E-state index in [1.807, 2.05) is 42.7 Å². The van der Waals surface area contributed by atoms with Crippen molar-refractivity contribution in [3.8, 4) is 23.1 Å². The third-order valence-corrected chi connectivity index (χ3v) is 6.22. The Hall–Kier alpha value is -4.86. The Kier molecular flexibility index (Phi) is 9.46. The summed E-state index contributed by atoms with van der Waals surface area (Å²) in [5.74, 6) is -0.622. The predicted molar refractivity (Wildman–Crippen MR) is 156 cm³/mol. The number of carbonyl (C=O) groups excluding carboxylic acids is 3. The van der Waals surface area contributed by atoms with Crippen molar-refractivity contribution in [2.75, 3.05) is 20.3 Å². The number of hydrogen-bond acceptors (Lipinski definition) is 9. The fourth-order valence-corrected chi connectivity index (χ4v) is 4.56. The highest BCUT2D eigenvalue weighted by atomic mass is 16.5. The summed E-state index contributed by atoms with van der Waals surface area (Å²) < 4.78 is 29.2. The smallest absolute Gasteiger partial charge is 0.343 e. The Morgan fingerprint density at radius 3 is 2.21 bits per heavy atom. The van der Waals surface area contributed by atoms with Gasteiger partial charge >= 0.3 is 17.9 Å². The van der Waals surface area contributed by atoms with Gasteiger partial charge in [-0.1, -0.05) is 0 Å². The summed E-state index contributed by atoms with van der Waals surface area (Å²) in [5.41, 5.74) is 2.73. The number of fused-ring (bicyclic) bond motifs is 1. The summed E-state index contributed by atoms with van der Waals surface area (Å²) in [4.78, 5) is 42.9. The van der Waals surface area contributed by atoms with Gasteiger partial charge in [0.05, 0.1) is 43.9 Å². The van der Waals surface area contributed by atoms with Crippen LogP contribution in [0.4, 0.5) is 0 Å². The van der Waals surface area contributed by atoms with Crippen molar-refractivity contribution in [1.29, 1.82) is 0 Å².